The molecule has 0 radical (unpaired) electrons. The van der Waals surface area contributed by atoms with Crippen LogP contribution in [0.2, 0.25) is 0 Å². The third-order valence-corrected chi connectivity index (χ3v) is 2.28. The van der Waals surface area contributed by atoms with Crippen molar-refractivity contribution in [2.24, 2.45) is 10.7 Å². The number of hydrogen-bond donors (Lipinski definition) is 2. The summed E-state index contributed by atoms with van der Waals surface area (Å²) in [7, 11) is 1.66. The second-order valence-corrected chi connectivity index (χ2v) is 3.16. The summed E-state index contributed by atoms with van der Waals surface area (Å²) < 4.78 is 5.26. The first-order valence-electron chi connectivity index (χ1n) is 4.50. The van der Waals surface area contributed by atoms with Crippen LogP contribution in [-0.4, -0.2) is 19.6 Å². The number of ether oxygens (including phenoxy) is 1. The molecule has 4 nitrogen and oxygen atoms in total. The predicted octanol–water partition coefficient (Wildman–Crippen LogP) is 0.654. The lowest BCUT2D eigenvalue weighted by molar-refractivity contribution is 0.405. The van der Waals surface area contributed by atoms with Gasteiger partial charge in [0, 0.05) is 5.56 Å². The van der Waals surface area contributed by atoms with E-state index in [0.717, 1.165) is 11.3 Å². The van der Waals surface area contributed by atoms with Gasteiger partial charge < -0.3 is 15.8 Å². The Morgan fingerprint density at radius 1 is 1.50 bits per heavy atom. The van der Waals surface area contributed by atoms with Crippen LogP contribution in [-0.2, 0) is 0 Å². The highest BCUT2D eigenvalue weighted by atomic mass is 16.5. The van der Waals surface area contributed by atoms with Gasteiger partial charge >= 0.3 is 0 Å². The lowest BCUT2D eigenvalue weighted by Gasteiger charge is -2.14. The van der Waals surface area contributed by atoms with Gasteiger partial charge in [-0.2, -0.15) is 0 Å². The minimum Gasteiger partial charge on any atom is -0.496 e. The van der Waals surface area contributed by atoms with Crippen molar-refractivity contribution in [3.05, 3.63) is 29.8 Å². The van der Waals surface area contributed by atoms with Gasteiger partial charge in [-0.15, -0.1) is 0 Å². The molecule has 0 spiro atoms. The zero-order valence-corrected chi connectivity index (χ0v) is 8.03. The summed E-state index contributed by atoms with van der Waals surface area (Å²) in [5.41, 5.74) is 6.65. The number of benzene rings is 1. The molecule has 0 saturated carbocycles. The quantitative estimate of drug-likeness (QED) is 0.721. The number of guanidine groups is 1. The van der Waals surface area contributed by atoms with Crippen LogP contribution in [0, 0.1) is 0 Å². The first-order valence-corrected chi connectivity index (χ1v) is 4.50. The van der Waals surface area contributed by atoms with Gasteiger partial charge in [0.05, 0.1) is 19.7 Å². The Morgan fingerprint density at radius 3 is 2.93 bits per heavy atom. The SMILES string of the molecule is COc1ccccc1C1CN=C(N)N1. The molecule has 0 bridgehead atoms. The van der Waals surface area contributed by atoms with E-state index in [0.29, 0.717) is 12.5 Å². The third kappa shape index (κ3) is 1.51. The highest BCUT2D eigenvalue weighted by molar-refractivity contribution is 5.80. The largest absolute Gasteiger partial charge is 0.496 e. The molecule has 1 aromatic carbocycles. The number of rotatable bonds is 2. The van der Waals surface area contributed by atoms with Gasteiger partial charge in [0.25, 0.3) is 0 Å². The van der Waals surface area contributed by atoms with Crippen LogP contribution in [0.5, 0.6) is 5.75 Å². The molecule has 0 aromatic heterocycles. The second-order valence-electron chi connectivity index (χ2n) is 3.16. The molecule has 1 atom stereocenters. The molecule has 0 aliphatic carbocycles. The summed E-state index contributed by atoms with van der Waals surface area (Å²) in [6.45, 7) is 0.673. The van der Waals surface area contributed by atoms with Crippen molar-refractivity contribution < 1.29 is 4.74 Å². The first-order chi connectivity index (χ1) is 6.81. The Kier molecular flexibility index (Phi) is 2.26. The van der Waals surface area contributed by atoms with E-state index in [9.17, 15) is 0 Å². The first kappa shape index (κ1) is 8.87. The predicted molar refractivity (Wildman–Crippen MR) is 55.4 cm³/mol. The molecule has 1 heterocycles. The average Bonchev–Trinajstić information content (AvgIpc) is 2.65. The molecule has 0 amide bonds. The van der Waals surface area contributed by atoms with E-state index in [1.807, 2.05) is 24.3 Å². The van der Waals surface area contributed by atoms with E-state index >= 15 is 0 Å². The maximum absolute atomic E-state index is 5.55. The fourth-order valence-electron chi connectivity index (χ4n) is 1.59. The van der Waals surface area contributed by atoms with E-state index in [1.165, 1.54) is 0 Å². The van der Waals surface area contributed by atoms with Crippen molar-refractivity contribution in [1.29, 1.82) is 0 Å². The van der Waals surface area contributed by atoms with E-state index < -0.39 is 0 Å². The Balaban J connectivity index is 2.24. The molecule has 1 aliphatic rings. The fraction of sp³-hybridized carbons (Fsp3) is 0.300. The molecule has 1 aromatic rings. The summed E-state index contributed by atoms with van der Waals surface area (Å²) in [5, 5.41) is 3.09. The molecular formula is C10H13N3O. The zero-order valence-electron chi connectivity index (χ0n) is 8.03. The number of aliphatic imine (C=N–C) groups is 1. The van der Waals surface area contributed by atoms with E-state index in [2.05, 4.69) is 10.3 Å². The molecule has 0 saturated heterocycles. The molecule has 0 fully saturated rings. The number of nitrogens with zero attached hydrogens (tertiary/aromatic N) is 1. The topological polar surface area (TPSA) is 59.6 Å². The molecule has 1 aliphatic heterocycles. The number of nitrogens with two attached hydrogens (primary N) is 1. The number of nitrogens with one attached hydrogen (secondary N) is 1. The molecule has 74 valence electrons. The summed E-state index contributed by atoms with van der Waals surface area (Å²) >= 11 is 0. The Hall–Kier alpha value is -1.71. The number of hydrogen-bond acceptors (Lipinski definition) is 4. The Bertz CT molecular complexity index is 362. The third-order valence-electron chi connectivity index (χ3n) is 2.28. The van der Waals surface area contributed by atoms with Crippen molar-refractivity contribution in [3.8, 4) is 5.75 Å². The van der Waals surface area contributed by atoms with Crippen molar-refractivity contribution in [3.63, 3.8) is 0 Å². The van der Waals surface area contributed by atoms with Gasteiger partial charge in [0.1, 0.15) is 5.75 Å². The van der Waals surface area contributed by atoms with Crippen LogP contribution < -0.4 is 15.8 Å². The second kappa shape index (κ2) is 3.57. The minimum atomic E-state index is 0.145. The van der Waals surface area contributed by atoms with Gasteiger partial charge in [0.15, 0.2) is 5.96 Å². The number of methoxy groups -OCH3 is 1. The zero-order chi connectivity index (χ0) is 9.97. The van der Waals surface area contributed by atoms with E-state index in [-0.39, 0.29) is 6.04 Å². The van der Waals surface area contributed by atoms with Gasteiger partial charge in [-0.25, -0.2) is 0 Å². The van der Waals surface area contributed by atoms with Crippen LogP contribution in [0.15, 0.2) is 29.3 Å². The van der Waals surface area contributed by atoms with Gasteiger partial charge in [-0.05, 0) is 6.07 Å². The van der Waals surface area contributed by atoms with Gasteiger partial charge in [0.2, 0.25) is 0 Å². The average molecular weight is 191 g/mol. The standard InChI is InChI=1S/C10H13N3O/c1-14-9-5-3-2-4-7(9)8-6-12-10(11)13-8/h2-5,8H,6H2,1H3,(H3,11,12,13). The van der Waals surface area contributed by atoms with Crippen LogP contribution in [0.1, 0.15) is 11.6 Å². The number of para-hydroxylation sites is 1. The fourth-order valence-corrected chi connectivity index (χ4v) is 1.59. The highest BCUT2D eigenvalue weighted by Crippen LogP contribution is 2.26. The molecule has 1 unspecified atom stereocenters. The maximum Gasteiger partial charge on any atom is 0.189 e. The van der Waals surface area contributed by atoms with E-state index in [1.54, 1.807) is 7.11 Å². The van der Waals surface area contributed by atoms with Crippen molar-refractivity contribution in [1.82, 2.24) is 5.32 Å². The van der Waals surface area contributed by atoms with Crippen molar-refractivity contribution in [2.75, 3.05) is 13.7 Å². The lowest BCUT2D eigenvalue weighted by Crippen LogP contribution is -2.29. The monoisotopic (exact) mass is 191 g/mol. The van der Waals surface area contributed by atoms with Crippen molar-refractivity contribution in [2.45, 2.75) is 6.04 Å². The van der Waals surface area contributed by atoms with Gasteiger partial charge in [-0.1, -0.05) is 18.2 Å². The smallest absolute Gasteiger partial charge is 0.189 e. The summed E-state index contributed by atoms with van der Waals surface area (Å²) in [6, 6.07) is 8.03. The molecule has 4 heteroatoms. The van der Waals surface area contributed by atoms with Crippen LogP contribution in [0.25, 0.3) is 0 Å². The molecule has 14 heavy (non-hydrogen) atoms. The highest BCUT2D eigenvalue weighted by Gasteiger charge is 2.19. The van der Waals surface area contributed by atoms with Crippen molar-refractivity contribution >= 4 is 5.96 Å². The molecular weight excluding hydrogens is 178 g/mol. The summed E-state index contributed by atoms with van der Waals surface area (Å²) in [4.78, 5) is 4.10. The van der Waals surface area contributed by atoms with Crippen LogP contribution in [0.4, 0.5) is 0 Å². The normalized spacial score (nSPS) is 20.1. The van der Waals surface area contributed by atoms with Gasteiger partial charge in [-0.3, -0.25) is 4.99 Å². The molecule has 2 rings (SSSR count). The van der Waals surface area contributed by atoms with Crippen LogP contribution in [0.3, 0.4) is 0 Å². The summed E-state index contributed by atoms with van der Waals surface area (Å²) in [5.74, 6) is 1.37. The minimum absolute atomic E-state index is 0.145. The maximum atomic E-state index is 5.55. The molecule has 3 N–H and O–H groups in total. The van der Waals surface area contributed by atoms with E-state index in [4.69, 9.17) is 10.5 Å². The Morgan fingerprint density at radius 2 is 2.29 bits per heavy atom. The lowest BCUT2D eigenvalue weighted by atomic mass is 10.1. The summed E-state index contributed by atoms with van der Waals surface area (Å²) in [6.07, 6.45) is 0. The van der Waals surface area contributed by atoms with Crippen LogP contribution >= 0.6 is 0 Å². The Labute approximate surface area is 82.8 Å².